The Morgan fingerprint density at radius 2 is 2.13 bits per heavy atom. The lowest BCUT2D eigenvalue weighted by atomic mass is 10.0. The fraction of sp³-hybridized carbons (Fsp3) is 0.250. The Balaban J connectivity index is 2.36. The van der Waals surface area contributed by atoms with Crippen LogP contribution in [0.2, 0.25) is 0 Å². The number of rotatable bonds is 2. The fourth-order valence-electron chi connectivity index (χ4n) is 1.65. The topological polar surface area (TPSA) is 38.9 Å². The molecule has 0 aliphatic carbocycles. The zero-order valence-corrected chi connectivity index (χ0v) is 9.71. The van der Waals surface area contributed by atoms with E-state index in [-0.39, 0.29) is 6.04 Å². The van der Waals surface area contributed by atoms with Gasteiger partial charge in [-0.1, -0.05) is 6.07 Å². The van der Waals surface area contributed by atoms with E-state index in [9.17, 15) is 0 Å². The van der Waals surface area contributed by atoms with Gasteiger partial charge in [-0.25, -0.2) is 0 Å². The van der Waals surface area contributed by atoms with E-state index < -0.39 is 0 Å². The summed E-state index contributed by atoms with van der Waals surface area (Å²) in [6.45, 7) is 4.13. The van der Waals surface area contributed by atoms with Crippen molar-refractivity contribution in [2.75, 3.05) is 0 Å². The van der Waals surface area contributed by atoms with Crippen LogP contribution in [0.4, 0.5) is 0 Å². The number of aryl methyl sites for hydroxylation is 2. The summed E-state index contributed by atoms with van der Waals surface area (Å²) < 4.78 is 0. The lowest BCUT2D eigenvalue weighted by Crippen LogP contribution is -2.12. The van der Waals surface area contributed by atoms with Crippen LogP contribution in [0.25, 0.3) is 0 Å². The molecule has 0 amide bonds. The maximum absolute atomic E-state index is 6.20. The molecule has 15 heavy (non-hydrogen) atoms. The molecule has 0 aliphatic rings. The Hall–Kier alpha value is -1.19. The summed E-state index contributed by atoms with van der Waals surface area (Å²) in [5.74, 6) is 0. The molecule has 0 fully saturated rings. The number of aromatic nitrogens is 1. The predicted octanol–water partition coefficient (Wildman–Crippen LogP) is 2.81. The number of hydrogen-bond donors (Lipinski definition) is 1. The van der Waals surface area contributed by atoms with E-state index in [0.29, 0.717) is 0 Å². The van der Waals surface area contributed by atoms with Crippen molar-refractivity contribution < 1.29 is 0 Å². The van der Waals surface area contributed by atoms with Gasteiger partial charge in [0.05, 0.1) is 6.04 Å². The Bertz CT molecular complexity index is 462. The van der Waals surface area contributed by atoms with Gasteiger partial charge in [-0.05, 0) is 42.0 Å². The Morgan fingerprint density at radius 3 is 2.73 bits per heavy atom. The van der Waals surface area contributed by atoms with Gasteiger partial charge in [0.15, 0.2) is 0 Å². The summed E-state index contributed by atoms with van der Waals surface area (Å²) in [6.07, 6.45) is 3.69. The standard InChI is InChI=1S/C12H14N2S/c1-8-5-10(7-14-6-8)12(13)11-3-4-15-9(11)2/h3-7,12H,13H2,1-2H3. The highest BCUT2D eigenvalue weighted by Gasteiger charge is 2.12. The van der Waals surface area contributed by atoms with Crippen molar-refractivity contribution in [2.45, 2.75) is 19.9 Å². The molecule has 2 heterocycles. The molecule has 0 saturated carbocycles. The van der Waals surface area contributed by atoms with E-state index in [1.165, 1.54) is 10.4 Å². The minimum Gasteiger partial charge on any atom is -0.320 e. The highest BCUT2D eigenvalue weighted by molar-refractivity contribution is 7.10. The van der Waals surface area contributed by atoms with Crippen LogP contribution in [0.15, 0.2) is 29.9 Å². The molecule has 2 aromatic heterocycles. The van der Waals surface area contributed by atoms with Crippen molar-refractivity contribution in [3.63, 3.8) is 0 Å². The summed E-state index contributed by atoms with van der Waals surface area (Å²) in [6, 6.07) is 4.13. The number of nitrogens with zero attached hydrogens (tertiary/aromatic N) is 1. The minimum absolute atomic E-state index is 0.0522. The van der Waals surface area contributed by atoms with E-state index in [1.54, 1.807) is 11.3 Å². The van der Waals surface area contributed by atoms with Crippen molar-refractivity contribution in [2.24, 2.45) is 5.73 Å². The predicted molar refractivity (Wildman–Crippen MR) is 64.1 cm³/mol. The molecule has 2 aromatic rings. The van der Waals surface area contributed by atoms with Gasteiger partial charge in [-0.15, -0.1) is 11.3 Å². The molecule has 1 atom stereocenters. The van der Waals surface area contributed by atoms with Crippen LogP contribution in [0.3, 0.4) is 0 Å². The Morgan fingerprint density at radius 1 is 1.33 bits per heavy atom. The summed E-state index contributed by atoms with van der Waals surface area (Å²) in [5.41, 5.74) is 9.63. The van der Waals surface area contributed by atoms with Crippen LogP contribution < -0.4 is 5.73 Å². The number of hydrogen-bond acceptors (Lipinski definition) is 3. The van der Waals surface area contributed by atoms with E-state index >= 15 is 0 Å². The maximum atomic E-state index is 6.20. The summed E-state index contributed by atoms with van der Waals surface area (Å²) >= 11 is 1.73. The SMILES string of the molecule is Cc1cncc(C(N)c2ccsc2C)c1. The molecule has 0 saturated heterocycles. The van der Waals surface area contributed by atoms with E-state index in [4.69, 9.17) is 5.73 Å². The lowest BCUT2D eigenvalue weighted by Gasteiger charge is -2.11. The number of pyridine rings is 1. The van der Waals surface area contributed by atoms with Crippen molar-refractivity contribution in [1.29, 1.82) is 0 Å². The van der Waals surface area contributed by atoms with Crippen LogP contribution in [-0.2, 0) is 0 Å². The largest absolute Gasteiger partial charge is 0.320 e. The maximum Gasteiger partial charge on any atom is 0.0577 e. The van der Waals surface area contributed by atoms with Gasteiger partial charge in [0.2, 0.25) is 0 Å². The first kappa shape index (κ1) is 10.3. The third kappa shape index (κ3) is 2.08. The first-order chi connectivity index (χ1) is 7.18. The minimum atomic E-state index is -0.0522. The second-order valence-electron chi connectivity index (χ2n) is 3.71. The molecule has 2 rings (SSSR count). The molecule has 0 aromatic carbocycles. The zero-order valence-electron chi connectivity index (χ0n) is 8.90. The Kier molecular flexibility index (Phi) is 2.84. The number of thiophene rings is 1. The lowest BCUT2D eigenvalue weighted by molar-refractivity contribution is 0.858. The monoisotopic (exact) mass is 218 g/mol. The second-order valence-corrected chi connectivity index (χ2v) is 4.83. The molecular formula is C12H14N2S. The van der Waals surface area contributed by atoms with Crippen molar-refractivity contribution in [3.05, 3.63) is 51.5 Å². The van der Waals surface area contributed by atoms with Gasteiger partial charge in [0.1, 0.15) is 0 Å². The van der Waals surface area contributed by atoms with Crippen molar-refractivity contribution in [3.8, 4) is 0 Å². The van der Waals surface area contributed by atoms with E-state index in [0.717, 1.165) is 11.1 Å². The Labute approximate surface area is 93.8 Å². The van der Waals surface area contributed by atoms with Crippen LogP contribution in [0.5, 0.6) is 0 Å². The highest BCUT2D eigenvalue weighted by Crippen LogP contribution is 2.25. The fourth-order valence-corrected chi connectivity index (χ4v) is 2.40. The third-order valence-electron chi connectivity index (χ3n) is 2.49. The summed E-state index contributed by atoms with van der Waals surface area (Å²) in [5, 5.41) is 2.08. The molecule has 78 valence electrons. The van der Waals surface area contributed by atoms with Crippen molar-refractivity contribution >= 4 is 11.3 Å². The van der Waals surface area contributed by atoms with E-state index in [2.05, 4.69) is 29.4 Å². The normalized spacial score (nSPS) is 12.7. The van der Waals surface area contributed by atoms with Gasteiger partial charge in [0.25, 0.3) is 0 Å². The average Bonchev–Trinajstić information content (AvgIpc) is 2.63. The molecule has 0 spiro atoms. The molecule has 0 bridgehead atoms. The molecule has 3 heteroatoms. The summed E-state index contributed by atoms with van der Waals surface area (Å²) in [7, 11) is 0. The average molecular weight is 218 g/mol. The highest BCUT2D eigenvalue weighted by atomic mass is 32.1. The van der Waals surface area contributed by atoms with Gasteiger partial charge >= 0.3 is 0 Å². The van der Waals surface area contributed by atoms with Crippen LogP contribution in [0.1, 0.15) is 27.6 Å². The molecule has 0 radical (unpaired) electrons. The third-order valence-corrected chi connectivity index (χ3v) is 3.35. The quantitative estimate of drug-likeness (QED) is 0.841. The first-order valence-corrected chi connectivity index (χ1v) is 5.77. The smallest absolute Gasteiger partial charge is 0.0577 e. The van der Waals surface area contributed by atoms with Gasteiger partial charge in [-0.2, -0.15) is 0 Å². The van der Waals surface area contributed by atoms with Crippen molar-refractivity contribution in [1.82, 2.24) is 4.98 Å². The zero-order chi connectivity index (χ0) is 10.8. The molecular weight excluding hydrogens is 204 g/mol. The van der Waals surface area contributed by atoms with Crippen LogP contribution in [0, 0.1) is 13.8 Å². The van der Waals surface area contributed by atoms with Crippen LogP contribution in [-0.4, -0.2) is 4.98 Å². The molecule has 0 aliphatic heterocycles. The second kappa shape index (κ2) is 4.13. The van der Waals surface area contributed by atoms with Gasteiger partial charge in [-0.3, -0.25) is 4.98 Å². The molecule has 2 N–H and O–H groups in total. The summed E-state index contributed by atoms with van der Waals surface area (Å²) in [4.78, 5) is 5.45. The van der Waals surface area contributed by atoms with E-state index in [1.807, 2.05) is 19.3 Å². The first-order valence-electron chi connectivity index (χ1n) is 4.89. The number of nitrogens with two attached hydrogens (primary N) is 1. The molecule has 2 nitrogen and oxygen atoms in total. The van der Waals surface area contributed by atoms with Crippen LogP contribution >= 0.6 is 11.3 Å². The van der Waals surface area contributed by atoms with Gasteiger partial charge in [0, 0.05) is 17.3 Å². The molecule has 1 unspecified atom stereocenters. The van der Waals surface area contributed by atoms with Gasteiger partial charge < -0.3 is 5.73 Å².